The molecule has 1 aromatic heterocycles. The summed E-state index contributed by atoms with van der Waals surface area (Å²) < 4.78 is 0. The van der Waals surface area contributed by atoms with Gasteiger partial charge in [-0.25, -0.2) is 0 Å². The highest BCUT2D eigenvalue weighted by molar-refractivity contribution is 7.09. The minimum absolute atomic E-state index is 0.0975. The van der Waals surface area contributed by atoms with Crippen molar-refractivity contribution in [1.29, 1.82) is 0 Å². The van der Waals surface area contributed by atoms with E-state index in [9.17, 15) is 4.79 Å². The van der Waals surface area contributed by atoms with Gasteiger partial charge in [-0.3, -0.25) is 4.79 Å². The fraction of sp³-hybridized carbons (Fsp3) is 0.421. The van der Waals surface area contributed by atoms with Crippen molar-refractivity contribution in [3.63, 3.8) is 0 Å². The molecule has 1 aromatic carbocycles. The van der Waals surface area contributed by atoms with E-state index in [1.54, 1.807) is 11.3 Å². The number of hydrogen-bond acceptors (Lipinski definition) is 4. The summed E-state index contributed by atoms with van der Waals surface area (Å²) in [4.78, 5) is 15.8. The average Bonchev–Trinajstić information content (AvgIpc) is 3.14. The van der Waals surface area contributed by atoms with Crippen LogP contribution in [0.15, 0.2) is 41.8 Å². The Hall–Kier alpha value is -1.85. The van der Waals surface area contributed by atoms with Crippen LogP contribution in [0.25, 0.3) is 0 Å². The molecule has 0 saturated carbocycles. The van der Waals surface area contributed by atoms with Crippen molar-refractivity contribution >= 4 is 22.9 Å². The van der Waals surface area contributed by atoms with Crippen LogP contribution in [-0.2, 0) is 6.54 Å². The molecule has 2 N–H and O–H groups in total. The van der Waals surface area contributed by atoms with Crippen LogP contribution in [0.5, 0.6) is 0 Å². The lowest BCUT2D eigenvalue weighted by molar-refractivity contribution is 0.0765. The van der Waals surface area contributed by atoms with Crippen LogP contribution >= 0.6 is 11.3 Å². The maximum absolute atomic E-state index is 12.7. The molecule has 2 aromatic rings. The topological polar surface area (TPSA) is 44.4 Å². The maximum atomic E-state index is 12.7. The minimum Gasteiger partial charge on any atom is -0.380 e. The lowest BCUT2D eigenvalue weighted by Crippen LogP contribution is -2.39. The van der Waals surface area contributed by atoms with Gasteiger partial charge in [0.1, 0.15) is 0 Å². The number of carbonyl (C=O) groups excluding carboxylic acids is 1. The molecule has 1 amide bonds. The first-order chi connectivity index (χ1) is 11.7. The van der Waals surface area contributed by atoms with E-state index in [1.807, 2.05) is 36.2 Å². The molecule has 1 aliphatic rings. The molecule has 0 bridgehead atoms. The van der Waals surface area contributed by atoms with Gasteiger partial charge in [-0.05, 0) is 61.5 Å². The molecule has 0 spiro atoms. The molecule has 1 atom stereocenters. The first kappa shape index (κ1) is 17.0. The first-order valence-corrected chi connectivity index (χ1v) is 9.43. The van der Waals surface area contributed by atoms with Gasteiger partial charge < -0.3 is 15.5 Å². The number of amides is 1. The lowest BCUT2D eigenvalue weighted by Gasteiger charge is -2.27. The quantitative estimate of drug-likeness (QED) is 0.844. The lowest BCUT2D eigenvalue weighted by atomic mass is 9.99. The Morgan fingerprint density at radius 1 is 1.38 bits per heavy atom. The predicted octanol–water partition coefficient (Wildman–Crippen LogP) is 3.43. The van der Waals surface area contributed by atoms with Gasteiger partial charge in [-0.2, -0.15) is 0 Å². The maximum Gasteiger partial charge on any atom is 0.253 e. The second-order valence-corrected chi connectivity index (χ2v) is 7.44. The van der Waals surface area contributed by atoms with Crippen molar-refractivity contribution < 1.29 is 4.79 Å². The van der Waals surface area contributed by atoms with E-state index in [2.05, 4.69) is 28.1 Å². The third kappa shape index (κ3) is 4.58. The number of anilines is 1. The van der Waals surface area contributed by atoms with E-state index in [-0.39, 0.29) is 5.91 Å². The zero-order valence-corrected chi connectivity index (χ0v) is 14.9. The third-order valence-electron chi connectivity index (χ3n) is 4.43. The standard InChI is InChI=1S/C19H25N3OS/c1-22(14-15-5-3-9-20-12-15)19(23)16-6-2-7-17(11-16)21-13-18-8-4-10-24-18/h2,4,6-8,10-11,15,20-21H,3,5,9,12-14H2,1H3/t15-/m1/s1. The summed E-state index contributed by atoms with van der Waals surface area (Å²) in [6, 6.07) is 12.0. The summed E-state index contributed by atoms with van der Waals surface area (Å²) in [7, 11) is 1.91. The summed E-state index contributed by atoms with van der Waals surface area (Å²) in [6.07, 6.45) is 2.40. The molecule has 1 saturated heterocycles. The highest BCUT2D eigenvalue weighted by Crippen LogP contribution is 2.17. The van der Waals surface area contributed by atoms with Gasteiger partial charge in [0.25, 0.3) is 5.91 Å². The summed E-state index contributed by atoms with van der Waals surface area (Å²) >= 11 is 1.73. The Morgan fingerprint density at radius 3 is 3.04 bits per heavy atom. The minimum atomic E-state index is 0.0975. The van der Waals surface area contributed by atoms with Gasteiger partial charge in [0.2, 0.25) is 0 Å². The van der Waals surface area contributed by atoms with Crippen LogP contribution in [0.1, 0.15) is 28.1 Å². The largest absolute Gasteiger partial charge is 0.380 e. The van der Waals surface area contributed by atoms with E-state index in [1.165, 1.54) is 17.7 Å². The van der Waals surface area contributed by atoms with Crippen molar-refractivity contribution in [2.75, 3.05) is 32.0 Å². The van der Waals surface area contributed by atoms with Gasteiger partial charge in [-0.15, -0.1) is 11.3 Å². The molecule has 1 fully saturated rings. The number of piperidine rings is 1. The second kappa shape index (κ2) is 8.31. The number of thiophene rings is 1. The fourth-order valence-corrected chi connectivity index (χ4v) is 3.78. The highest BCUT2D eigenvalue weighted by Gasteiger charge is 2.19. The number of nitrogens with zero attached hydrogens (tertiary/aromatic N) is 1. The summed E-state index contributed by atoms with van der Waals surface area (Å²) in [5.74, 6) is 0.660. The number of benzene rings is 1. The van der Waals surface area contributed by atoms with Crippen molar-refractivity contribution in [2.24, 2.45) is 5.92 Å². The SMILES string of the molecule is CN(C[C@@H]1CCCNC1)C(=O)c1cccc(NCc2cccs2)c1. The van der Waals surface area contributed by atoms with Crippen LogP contribution in [-0.4, -0.2) is 37.5 Å². The van der Waals surface area contributed by atoms with Crippen molar-refractivity contribution in [3.8, 4) is 0 Å². The molecular weight excluding hydrogens is 318 g/mol. The van der Waals surface area contributed by atoms with Crippen LogP contribution in [0.3, 0.4) is 0 Å². The Labute approximate surface area is 147 Å². The molecule has 4 nitrogen and oxygen atoms in total. The van der Waals surface area contributed by atoms with Crippen LogP contribution in [0.4, 0.5) is 5.69 Å². The van der Waals surface area contributed by atoms with Crippen molar-refractivity contribution in [2.45, 2.75) is 19.4 Å². The number of nitrogens with one attached hydrogen (secondary N) is 2. The van der Waals surface area contributed by atoms with Gasteiger partial charge in [0, 0.05) is 36.3 Å². The Balaban J connectivity index is 1.58. The molecule has 24 heavy (non-hydrogen) atoms. The Bertz CT molecular complexity index is 650. The summed E-state index contributed by atoms with van der Waals surface area (Å²) in [5, 5.41) is 8.88. The number of hydrogen-bond donors (Lipinski definition) is 2. The molecule has 0 unspecified atom stereocenters. The summed E-state index contributed by atoms with van der Waals surface area (Å²) in [5.41, 5.74) is 1.74. The molecule has 128 valence electrons. The van der Waals surface area contributed by atoms with E-state index in [4.69, 9.17) is 0 Å². The molecular formula is C19H25N3OS. The molecule has 5 heteroatoms. The monoisotopic (exact) mass is 343 g/mol. The highest BCUT2D eigenvalue weighted by atomic mass is 32.1. The molecule has 0 radical (unpaired) electrons. The Kier molecular flexibility index (Phi) is 5.88. The fourth-order valence-electron chi connectivity index (χ4n) is 3.13. The molecule has 3 rings (SSSR count). The van der Waals surface area contributed by atoms with E-state index in [0.717, 1.165) is 37.4 Å². The number of rotatable bonds is 6. The first-order valence-electron chi connectivity index (χ1n) is 8.55. The zero-order chi connectivity index (χ0) is 16.8. The number of carbonyl (C=O) groups is 1. The normalized spacial score (nSPS) is 17.5. The van der Waals surface area contributed by atoms with Gasteiger partial charge in [0.15, 0.2) is 0 Å². The van der Waals surface area contributed by atoms with Crippen LogP contribution in [0.2, 0.25) is 0 Å². The molecule has 1 aliphatic heterocycles. The van der Waals surface area contributed by atoms with E-state index in [0.29, 0.717) is 5.92 Å². The molecule has 0 aliphatic carbocycles. The smallest absolute Gasteiger partial charge is 0.253 e. The second-order valence-electron chi connectivity index (χ2n) is 6.41. The van der Waals surface area contributed by atoms with Crippen LogP contribution < -0.4 is 10.6 Å². The van der Waals surface area contributed by atoms with Crippen molar-refractivity contribution in [3.05, 3.63) is 52.2 Å². The predicted molar refractivity (Wildman–Crippen MR) is 101 cm³/mol. The van der Waals surface area contributed by atoms with Crippen molar-refractivity contribution in [1.82, 2.24) is 10.2 Å². The van der Waals surface area contributed by atoms with Gasteiger partial charge in [0.05, 0.1) is 0 Å². The summed E-state index contributed by atoms with van der Waals surface area (Å²) in [6.45, 7) is 3.73. The van der Waals surface area contributed by atoms with Crippen LogP contribution in [0, 0.1) is 5.92 Å². The third-order valence-corrected chi connectivity index (χ3v) is 5.31. The van der Waals surface area contributed by atoms with E-state index >= 15 is 0 Å². The molecule has 2 heterocycles. The van der Waals surface area contributed by atoms with Gasteiger partial charge in [-0.1, -0.05) is 12.1 Å². The van der Waals surface area contributed by atoms with E-state index < -0.39 is 0 Å². The Morgan fingerprint density at radius 2 is 2.29 bits per heavy atom. The van der Waals surface area contributed by atoms with Gasteiger partial charge >= 0.3 is 0 Å². The zero-order valence-electron chi connectivity index (χ0n) is 14.1. The average molecular weight is 343 g/mol.